The van der Waals surface area contributed by atoms with Crippen LogP contribution in [0.3, 0.4) is 0 Å². The zero-order valence-corrected chi connectivity index (χ0v) is 9.86. The summed E-state index contributed by atoms with van der Waals surface area (Å²) in [5.41, 5.74) is 0. The minimum absolute atomic E-state index is 0.672. The van der Waals surface area contributed by atoms with E-state index in [1.54, 1.807) is 0 Å². The molecule has 1 fully saturated rings. The van der Waals surface area contributed by atoms with Gasteiger partial charge in [0.2, 0.25) is 0 Å². The molecule has 2 unspecified atom stereocenters. The van der Waals surface area contributed by atoms with Gasteiger partial charge in [-0.25, -0.2) is 0 Å². The number of thioether (sulfide) groups is 1. The second kappa shape index (κ2) is 5.89. The Hall–Kier alpha value is 0.270. The lowest BCUT2D eigenvalue weighted by Gasteiger charge is -2.20. The number of nitrogens with one attached hydrogen (secondary N) is 1. The van der Waals surface area contributed by atoms with Crippen molar-refractivity contribution in [1.82, 2.24) is 10.2 Å². The molecule has 0 saturated carbocycles. The molecule has 2 nitrogen and oxygen atoms in total. The van der Waals surface area contributed by atoms with E-state index in [2.05, 4.69) is 43.0 Å². The quantitative estimate of drug-likeness (QED) is 0.726. The monoisotopic (exact) mass is 202 g/mol. The van der Waals surface area contributed by atoms with E-state index in [1.807, 2.05) is 0 Å². The maximum atomic E-state index is 3.69. The molecule has 78 valence electrons. The molecule has 1 aliphatic heterocycles. The normalized spacial score (nSPS) is 25.4. The number of hydrogen-bond acceptors (Lipinski definition) is 3. The molecule has 0 aromatic carbocycles. The lowest BCUT2D eigenvalue weighted by Crippen LogP contribution is -2.38. The van der Waals surface area contributed by atoms with E-state index >= 15 is 0 Å². The van der Waals surface area contributed by atoms with Crippen LogP contribution in [0.2, 0.25) is 0 Å². The first-order chi connectivity index (χ1) is 6.18. The zero-order valence-electron chi connectivity index (χ0n) is 9.05. The fourth-order valence-electron chi connectivity index (χ4n) is 1.60. The summed E-state index contributed by atoms with van der Waals surface area (Å²) in [5, 5.41) is 3.69. The van der Waals surface area contributed by atoms with E-state index in [9.17, 15) is 0 Å². The molecule has 0 spiro atoms. The van der Waals surface area contributed by atoms with Crippen LogP contribution in [0, 0.1) is 0 Å². The van der Waals surface area contributed by atoms with Crippen molar-refractivity contribution < 1.29 is 0 Å². The maximum Gasteiger partial charge on any atom is 0.0168 e. The summed E-state index contributed by atoms with van der Waals surface area (Å²) in [7, 11) is 4.27. The average Bonchev–Trinajstić information content (AvgIpc) is 2.53. The molecule has 0 amide bonds. The van der Waals surface area contributed by atoms with E-state index < -0.39 is 0 Å². The van der Waals surface area contributed by atoms with Gasteiger partial charge in [-0.1, -0.05) is 0 Å². The second-order valence-electron chi connectivity index (χ2n) is 4.22. The van der Waals surface area contributed by atoms with Crippen LogP contribution in [-0.2, 0) is 0 Å². The largest absolute Gasteiger partial charge is 0.311 e. The Balaban J connectivity index is 2.05. The topological polar surface area (TPSA) is 15.3 Å². The Morgan fingerprint density at radius 3 is 2.85 bits per heavy atom. The summed E-state index contributed by atoms with van der Waals surface area (Å²) in [6.45, 7) is 3.49. The fourth-order valence-corrected chi connectivity index (χ4v) is 2.77. The molecule has 0 bridgehead atoms. The van der Waals surface area contributed by atoms with Crippen molar-refractivity contribution in [3.8, 4) is 0 Å². The first-order valence-electron chi connectivity index (χ1n) is 5.17. The van der Waals surface area contributed by atoms with Crippen molar-refractivity contribution in [2.24, 2.45) is 0 Å². The molecule has 1 heterocycles. The molecule has 1 N–H and O–H groups in total. The summed E-state index contributed by atoms with van der Waals surface area (Å²) >= 11 is 2.08. The van der Waals surface area contributed by atoms with Crippen LogP contribution in [0.15, 0.2) is 0 Å². The van der Waals surface area contributed by atoms with Crippen LogP contribution >= 0.6 is 11.8 Å². The van der Waals surface area contributed by atoms with Gasteiger partial charge in [0, 0.05) is 17.8 Å². The predicted octanol–water partition coefficient (Wildman–Crippen LogP) is 1.42. The van der Waals surface area contributed by atoms with Crippen LogP contribution in [0.25, 0.3) is 0 Å². The lowest BCUT2D eigenvalue weighted by molar-refractivity contribution is 0.354. The summed E-state index contributed by atoms with van der Waals surface area (Å²) in [4.78, 5) is 2.25. The number of hydrogen-bond donors (Lipinski definition) is 1. The average molecular weight is 202 g/mol. The zero-order chi connectivity index (χ0) is 9.68. The highest BCUT2D eigenvalue weighted by Crippen LogP contribution is 2.17. The third kappa shape index (κ3) is 4.89. The van der Waals surface area contributed by atoms with Gasteiger partial charge >= 0.3 is 0 Å². The van der Waals surface area contributed by atoms with Gasteiger partial charge in [0.05, 0.1) is 0 Å². The third-order valence-electron chi connectivity index (χ3n) is 2.46. The molecule has 2 atom stereocenters. The van der Waals surface area contributed by atoms with Gasteiger partial charge in [0.15, 0.2) is 0 Å². The lowest BCUT2D eigenvalue weighted by atomic mass is 10.2. The van der Waals surface area contributed by atoms with Crippen molar-refractivity contribution in [2.75, 3.05) is 32.1 Å². The van der Waals surface area contributed by atoms with E-state index in [-0.39, 0.29) is 0 Å². The number of nitrogens with zero attached hydrogens (tertiary/aromatic N) is 1. The molecule has 0 radical (unpaired) electrons. The molecule has 1 rings (SSSR count). The molecule has 3 heteroatoms. The SMILES string of the molecule is CC(CCN(C)C)NC1CCSC1. The van der Waals surface area contributed by atoms with Gasteiger partial charge < -0.3 is 10.2 Å². The van der Waals surface area contributed by atoms with Crippen LogP contribution in [0.4, 0.5) is 0 Å². The maximum absolute atomic E-state index is 3.69. The van der Waals surface area contributed by atoms with Gasteiger partial charge in [0.25, 0.3) is 0 Å². The van der Waals surface area contributed by atoms with Gasteiger partial charge in [-0.15, -0.1) is 0 Å². The van der Waals surface area contributed by atoms with Gasteiger partial charge in [-0.3, -0.25) is 0 Å². The molecule has 0 aliphatic carbocycles. The first kappa shape index (κ1) is 11.3. The van der Waals surface area contributed by atoms with Crippen LogP contribution in [-0.4, -0.2) is 49.1 Å². The van der Waals surface area contributed by atoms with Crippen molar-refractivity contribution in [3.63, 3.8) is 0 Å². The van der Waals surface area contributed by atoms with Gasteiger partial charge in [0.1, 0.15) is 0 Å². The third-order valence-corrected chi connectivity index (χ3v) is 3.62. The Morgan fingerprint density at radius 2 is 2.31 bits per heavy atom. The Morgan fingerprint density at radius 1 is 1.54 bits per heavy atom. The molecule has 1 saturated heterocycles. The molecular formula is C10H22N2S. The highest BCUT2D eigenvalue weighted by atomic mass is 32.2. The van der Waals surface area contributed by atoms with E-state index in [1.165, 1.54) is 30.9 Å². The highest BCUT2D eigenvalue weighted by Gasteiger charge is 2.16. The minimum atomic E-state index is 0.672. The Kier molecular flexibility index (Phi) is 5.14. The van der Waals surface area contributed by atoms with Crippen LogP contribution < -0.4 is 5.32 Å². The molecule has 1 aliphatic rings. The highest BCUT2D eigenvalue weighted by molar-refractivity contribution is 7.99. The standard InChI is InChI=1S/C10H22N2S/c1-9(4-6-12(2)3)11-10-5-7-13-8-10/h9-11H,4-8H2,1-3H3. The van der Waals surface area contributed by atoms with Crippen LogP contribution in [0.5, 0.6) is 0 Å². The number of rotatable bonds is 5. The molecule has 0 aromatic rings. The summed E-state index contributed by atoms with van der Waals surface area (Å²) in [5.74, 6) is 2.66. The fraction of sp³-hybridized carbons (Fsp3) is 1.00. The summed E-state index contributed by atoms with van der Waals surface area (Å²) in [6, 6.07) is 1.45. The van der Waals surface area contributed by atoms with E-state index in [0.29, 0.717) is 6.04 Å². The molecular weight excluding hydrogens is 180 g/mol. The Labute approximate surface area is 86.5 Å². The smallest absolute Gasteiger partial charge is 0.0168 e. The van der Waals surface area contributed by atoms with Gasteiger partial charge in [-0.2, -0.15) is 11.8 Å². The predicted molar refractivity (Wildman–Crippen MR) is 61.5 cm³/mol. The van der Waals surface area contributed by atoms with Crippen molar-refractivity contribution in [3.05, 3.63) is 0 Å². The minimum Gasteiger partial charge on any atom is -0.311 e. The first-order valence-corrected chi connectivity index (χ1v) is 6.32. The summed E-state index contributed by atoms with van der Waals surface area (Å²) < 4.78 is 0. The van der Waals surface area contributed by atoms with Crippen molar-refractivity contribution >= 4 is 11.8 Å². The Bertz CT molecular complexity index is 133. The summed E-state index contributed by atoms with van der Waals surface area (Å²) in [6.07, 6.45) is 2.62. The van der Waals surface area contributed by atoms with E-state index in [0.717, 1.165) is 6.04 Å². The molecule has 13 heavy (non-hydrogen) atoms. The molecule has 0 aromatic heterocycles. The second-order valence-corrected chi connectivity index (χ2v) is 5.37. The van der Waals surface area contributed by atoms with Gasteiger partial charge in [-0.05, 0) is 46.2 Å². The van der Waals surface area contributed by atoms with Crippen LogP contribution in [0.1, 0.15) is 19.8 Å². The van der Waals surface area contributed by atoms with Crippen molar-refractivity contribution in [1.29, 1.82) is 0 Å². The van der Waals surface area contributed by atoms with Crippen molar-refractivity contribution in [2.45, 2.75) is 31.8 Å². The van der Waals surface area contributed by atoms with E-state index in [4.69, 9.17) is 0 Å².